The second-order valence-electron chi connectivity index (χ2n) is 8.28. The molecule has 0 aromatic heterocycles. The number of benzene rings is 1. The molecule has 0 saturated carbocycles. The lowest BCUT2D eigenvalue weighted by atomic mass is 9.96. The Kier molecular flexibility index (Phi) is 8.13. The highest BCUT2D eigenvalue weighted by Gasteiger charge is 2.21. The summed E-state index contributed by atoms with van der Waals surface area (Å²) in [7, 11) is 4.03. The first-order valence-corrected chi connectivity index (χ1v) is 11.1. The molecule has 2 N–H and O–H groups in total. The molecule has 4 nitrogen and oxygen atoms in total. The van der Waals surface area contributed by atoms with Gasteiger partial charge in [0.25, 0.3) is 0 Å². The van der Waals surface area contributed by atoms with Crippen molar-refractivity contribution >= 4 is 5.57 Å². The van der Waals surface area contributed by atoms with Crippen LogP contribution in [-0.2, 0) is 6.54 Å². The highest BCUT2D eigenvalue weighted by molar-refractivity contribution is 5.73. The first kappa shape index (κ1) is 22.9. The van der Waals surface area contributed by atoms with E-state index < -0.39 is 0 Å². The molecular formula is C26H34FN3O. The molecule has 0 spiro atoms. The van der Waals surface area contributed by atoms with Crippen LogP contribution in [0.4, 0.5) is 4.39 Å². The van der Waals surface area contributed by atoms with Gasteiger partial charge >= 0.3 is 0 Å². The predicted octanol–water partition coefficient (Wildman–Crippen LogP) is 5.49. The van der Waals surface area contributed by atoms with Gasteiger partial charge in [-0.3, -0.25) is 0 Å². The van der Waals surface area contributed by atoms with E-state index in [4.69, 9.17) is 0 Å². The number of unbranched alkanes of at least 4 members (excludes halogenated alkanes) is 1. The molecule has 31 heavy (non-hydrogen) atoms. The van der Waals surface area contributed by atoms with Crippen LogP contribution in [0.3, 0.4) is 0 Å². The zero-order valence-corrected chi connectivity index (χ0v) is 18.9. The van der Waals surface area contributed by atoms with Crippen LogP contribution in [0, 0.1) is 5.82 Å². The lowest BCUT2D eigenvalue weighted by Crippen LogP contribution is -2.32. The molecule has 0 atom stereocenters. The van der Waals surface area contributed by atoms with Crippen LogP contribution in [0.1, 0.15) is 43.7 Å². The van der Waals surface area contributed by atoms with Crippen molar-refractivity contribution in [2.24, 2.45) is 0 Å². The van der Waals surface area contributed by atoms with E-state index in [-0.39, 0.29) is 11.6 Å². The largest absolute Gasteiger partial charge is 0.508 e. The molecule has 1 aromatic carbocycles. The van der Waals surface area contributed by atoms with E-state index in [1.54, 1.807) is 6.07 Å². The summed E-state index contributed by atoms with van der Waals surface area (Å²) in [6.45, 7) is 4.37. The van der Waals surface area contributed by atoms with Crippen molar-refractivity contribution in [3.63, 3.8) is 0 Å². The fourth-order valence-electron chi connectivity index (χ4n) is 3.86. The van der Waals surface area contributed by atoms with Gasteiger partial charge in [0.15, 0.2) is 0 Å². The maximum Gasteiger partial charge on any atom is 0.127 e. The standard InChI is InChI=1S/C26H34FN3O/c1-4-5-15-29(2)18-22-16-20(12-13-24(22)27)21-17-23-25(31)11-9-7-6-8-10-14-28-26(23)30(3)19-21/h6,8,10-14,16-17,28,31H,4-5,7,9,15,18-19H2,1-3H3/b8-6+,14-10+,25-11+. The molecule has 0 radical (unpaired) electrons. The van der Waals surface area contributed by atoms with Crippen LogP contribution in [0.15, 0.2) is 71.9 Å². The first-order valence-electron chi connectivity index (χ1n) is 11.1. The summed E-state index contributed by atoms with van der Waals surface area (Å²) in [5.41, 5.74) is 3.49. The van der Waals surface area contributed by atoms with E-state index in [2.05, 4.69) is 28.1 Å². The molecule has 0 fully saturated rings. The zero-order chi connectivity index (χ0) is 22.2. The van der Waals surface area contributed by atoms with Gasteiger partial charge in [0.1, 0.15) is 17.4 Å². The van der Waals surface area contributed by atoms with Crippen LogP contribution < -0.4 is 5.32 Å². The smallest absolute Gasteiger partial charge is 0.127 e. The lowest BCUT2D eigenvalue weighted by molar-refractivity contribution is 0.315. The summed E-state index contributed by atoms with van der Waals surface area (Å²) < 4.78 is 14.5. The van der Waals surface area contributed by atoms with Crippen LogP contribution in [0.5, 0.6) is 0 Å². The number of rotatable bonds is 6. The van der Waals surface area contributed by atoms with Gasteiger partial charge in [0, 0.05) is 31.9 Å². The van der Waals surface area contributed by atoms with Crippen molar-refractivity contribution < 1.29 is 9.50 Å². The maximum absolute atomic E-state index is 14.5. The number of hydrogen-bond acceptors (Lipinski definition) is 4. The summed E-state index contributed by atoms with van der Waals surface area (Å²) in [5, 5.41) is 14.1. The predicted molar refractivity (Wildman–Crippen MR) is 127 cm³/mol. The van der Waals surface area contributed by atoms with E-state index in [1.807, 2.05) is 56.7 Å². The molecule has 2 aliphatic rings. The molecule has 5 heteroatoms. The normalized spacial score (nSPS) is 20.9. The lowest BCUT2D eigenvalue weighted by Gasteiger charge is -2.30. The highest BCUT2D eigenvalue weighted by Crippen LogP contribution is 2.30. The molecule has 0 amide bonds. The van der Waals surface area contributed by atoms with Crippen molar-refractivity contribution in [1.29, 1.82) is 0 Å². The van der Waals surface area contributed by atoms with Crippen molar-refractivity contribution in [2.75, 3.05) is 27.2 Å². The number of likely N-dealkylation sites (N-methyl/N-ethyl adjacent to an activating group) is 1. The van der Waals surface area contributed by atoms with Gasteiger partial charge in [-0.15, -0.1) is 0 Å². The van der Waals surface area contributed by atoms with Gasteiger partial charge in [0.05, 0.1) is 5.57 Å². The van der Waals surface area contributed by atoms with E-state index in [9.17, 15) is 9.50 Å². The van der Waals surface area contributed by atoms with Gasteiger partial charge in [-0.05, 0) is 74.4 Å². The SMILES string of the molecule is CCCCN(C)Cc1cc(C2=CC3=C(N/C=C/C=C/CC/C=C\3O)N(C)C2)ccc1F. The number of aliphatic hydroxyl groups is 1. The average Bonchev–Trinajstić information content (AvgIpc) is 2.79. The van der Waals surface area contributed by atoms with Crippen molar-refractivity contribution in [3.05, 3.63) is 88.9 Å². The Bertz CT molecular complexity index is 927. The first-order chi connectivity index (χ1) is 15.0. The Labute approximate surface area is 185 Å². The number of nitrogens with one attached hydrogen (secondary N) is 1. The summed E-state index contributed by atoms with van der Waals surface area (Å²) in [6.07, 6.45) is 15.7. The van der Waals surface area contributed by atoms with Gasteiger partial charge in [0.2, 0.25) is 0 Å². The van der Waals surface area contributed by atoms with Gasteiger partial charge in [-0.2, -0.15) is 0 Å². The molecule has 3 rings (SSSR count). The van der Waals surface area contributed by atoms with Gasteiger partial charge < -0.3 is 20.2 Å². The molecule has 2 aliphatic heterocycles. The Hall–Kier alpha value is -2.79. The highest BCUT2D eigenvalue weighted by atomic mass is 19.1. The topological polar surface area (TPSA) is 38.7 Å². The monoisotopic (exact) mass is 423 g/mol. The second kappa shape index (κ2) is 11.0. The molecular weight excluding hydrogens is 389 g/mol. The molecule has 166 valence electrons. The third-order valence-electron chi connectivity index (χ3n) is 5.62. The third-order valence-corrected chi connectivity index (χ3v) is 5.62. The minimum Gasteiger partial charge on any atom is -0.508 e. The number of aliphatic hydroxyl groups excluding tert-OH is 1. The Balaban J connectivity index is 1.93. The van der Waals surface area contributed by atoms with E-state index in [0.717, 1.165) is 54.8 Å². The molecule has 0 saturated heterocycles. The van der Waals surface area contributed by atoms with E-state index >= 15 is 0 Å². The number of hydrogen-bond donors (Lipinski definition) is 2. The summed E-state index contributed by atoms with van der Waals surface area (Å²) >= 11 is 0. The van der Waals surface area contributed by atoms with Crippen LogP contribution in [-0.4, -0.2) is 42.1 Å². The fraction of sp³-hybridized carbons (Fsp3) is 0.385. The second-order valence-corrected chi connectivity index (χ2v) is 8.28. The van der Waals surface area contributed by atoms with Crippen molar-refractivity contribution in [2.45, 2.75) is 39.2 Å². The summed E-state index contributed by atoms with van der Waals surface area (Å²) in [6, 6.07) is 5.34. The molecule has 2 heterocycles. The quantitative estimate of drug-likeness (QED) is 0.634. The van der Waals surface area contributed by atoms with Crippen LogP contribution >= 0.6 is 0 Å². The number of halogens is 1. The van der Waals surface area contributed by atoms with Crippen LogP contribution in [0.25, 0.3) is 5.57 Å². The Morgan fingerprint density at radius 3 is 2.87 bits per heavy atom. The van der Waals surface area contributed by atoms with Gasteiger partial charge in [-0.25, -0.2) is 4.39 Å². The number of allylic oxidation sites excluding steroid dienone is 5. The zero-order valence-electron chi connectivity index (χ0n) is 18.9. The molecule has 0 bridgehead atoms. The minimum absolute atomic E-state index is 0.172. The van der Waals surface area contributed by atoms with Gasteiger partial charge in [-0.1, -0.05) is 31.6 Å². The number of nitrogens with zero attached hydrogens (tertiary/aromatic N) is 2. The van der Waals surface area contributed by atoms with E-state index in [1.165, 1.54) is 0 Å². The van der Waals surface area contributed by atoms with Crippen LogP contribution in [0.2, 0.25) is 0 Å². The Morgan fingerprint density at radius 1 is 1.23 bits per heavy atom. The maximum atomic E-state index is 14.5. The van der Waals surface area contributed by atoms with E-state index in [0.29, 0.717) is 18.7 Å². The average molecular weight is 424 g/mol. The summed E-state index contributed by atoms with van der Waals surface area (Å²) in [5.74, 6) is 0.941. The summed E-state index contributed by atoms with van der Waals surface area (Å²) in [4.78, 5) is 4.24. The molecule has 1 aromatic rings. The minimum atomic E-state index is -0.172. The Morgan fingerprint density at radius 2 is 2.06 bits per heavy atom. The molecule has 0 aliphatic carbocycles. The van der Waals surface area contributed by atoms with Crippen molar-refractivity contribution in [1.82, 2.24) is 15.1 Å². The van der Waals surface area contributed by atoms with Crippen molar-refractivity contribution in [3.8, 4) is 0 Å². The fourth-order valence-corrected chi connectivity index (χ4v) is 3.86. The third kappa shape index (κ3) is 6.11. The molecule has 0 unspecified atom stereocenters.